The van der Waals surface area contributed by atoms with Gasteiger partial charge in [0.25, 0.3) is 0 Å². The first-order chi connectivity index (χ1) is 6.66. The average Bonchev–Trinajstić information content (AvgIpc) is 2.20. The first-order valence-electron chi connectivity index (χ1n) is 4.09. The van der Waals surface area contributed by atoms with Gasteiger partial charge in [-0.05, 0) is 12.1 Å². The van der Waals surface area contributed by atoms with E-state index in [0.29, 0.717) is 5.69 Å². The monoisotopic (exact) mass is 193 g/mol. The Bertz CT molecular complexity index is 326. The highest BCUT2D eigenvalue weighted by Gasteiger charge is 2.14. The number of nitroso groups, excluding NO2 is 1. The minimum absolute atomic E-state index is 0.256. The van der Waals surface area contributed by atoms with E-state index in [0.717, 1.165) is 10.1 Å². The Hall–Kier alpha value is -1.91. The zero-order valence-electron chi connectivity index (χ0n) is 8.04. The maximum Gasteiger partial charge on any atom is 0.239 e. The Morgan fingerprint density at radius 2 is 1.86 bits per heavy atom. The Morgan fingerprint density at radius 1 is 1.29 bits per heavy atom. The van der Waals surface area contributed by atoms with Gasteiger partial charge in [-0.2, -0.15) is 0 Å². The van der Waals surface area contributed by atoms with Crippen LogP contribution < -0.4 is 5.12 Å². The van der Waals surface area contributed by atoms with Crippen LogP contribution in [0.5, 0.6) is 0 Å². The van der Waals surface area contributed by atoms with Gasteiger partial charge in [-0.1, -0.05) is 18.2 Å². The van der Waals surface area contributed by atoms with Crippen molar-refractivity contribution in [1.29, 1.82) is 0 Å². The number of carbonyl (C=O) groups is 1. The zero-order valence-corrected chi connectivity index (χ0v) is 8.04. The van der Waals surface area contributed by atoms with Crippen LogP contribution in [0.25, 0.3) is 0 Å². The summed E-state index contributed by atoms with van der Waals surface area (Å²) < 4.78 is 0. The van der Waals surface area contributed by atoms with Crippen LogP contribution in [-0.2, 0) is 4.79 Å². The quantitative estimate of drug-likeness (QED) is 0.540. The topological polar surface area (TPSA) is 53.0 Å². The van der Waals surface area contributed by atoms with Gasteiger partial charge in [-0.3, -0.25) is 4.79 Å². The van der Waals surface area contributed by atoms with Crippen LogP contribution in [0.2, 0.25) is 0 Å². The number of rotatable bonds is 3. The Balaban J connectivity index is 2.93. The molecule has 0 aromatic heterocycles. The summed E-state index contributed by atoms with van der Waals surface area (Å²) in [6.45, 7) is 1.36. The van der Waals surface area contributed by atoms with Crippen molar-refractivity contribution in [2.24, 2.45) is 5.29 Å². The van der Waals surface area contributed by atoms with Crippen molar-refractivity contribution in [2.45, 2.75) is 6.92 Å². The first-order valence-corrected chi connectivity index (χ1v) is 4.09. The molecule has 1 rings (SSSR count). The van der Waals surface area contributed by atoms with Gasteiger partial charge in [0, 0.05) is 14.0 Å². The number of carbonyl (C=O) groups excluding carboxylic acids is 1. The fourth-order valence-corrected chi connectivity index (χ4v) is 0.970. The normalized spacial score (nSPS) is 9.29. The largest absolute Gasteiger partial charge is 0.273 e. The minimum Gasteiger partial charge on any atom is -0.273 e. The molecule has 0 unspecified atom stereocenters. The lowest BCUT2D eigenvalue weighted by molar-refractivity contribution is -0.128. The van der Waals surface area contributed by atoms with Crippen molar-refractivity contribution in [2.75, 3.05) is 12.2 Å². The molecule has 1 aromatic carbocycles. The van der Waals surface area contributed by atoms with Crippen LogP contribution in [0.15, 0.2) is 35.6 Å². The van der Waals surface area contributed by atoms with Crippen molar-refractivity contribution < 1.29 is 4.79 Å². The molecule has 0 aliphatic rings. The number of nitrogens with zero attached hydrogens (tertiary/aromatic N) is 3. The molecule has 0 spiro atoms. The van der Waals surface area contributed by atoms with Crippen molar-refractivity contribution in [3.63, 3.8) is 0 Å². The third kappa shape index (κ3) is 2.07. The molecule has 0 N–H and O–H groups in total. The number of hydrogen-bond acceptors (Lipinski definition) is 3. The number of amides is 1. The molecule has 1 amide bonds. The fraction of sp³-hybridized carbons (Fsp3) is 0.222. The maximum atomic E-state index is 11.0. The molecule has 5 heteroatoms. The molecular formula is C9H11N3O2. The molecule has 0 bridgehead atoms. The van der Waals surface area contributed by atoms with Gasteiger partial charge in [-0.25, -0.2) is 5.01 Å². The number of hydrogen-bond donors (Lipinski definition) is 0. The predicted octanol–water partition coefficient (Wildman–Crippen LogP) is 1.57. The second-order valence-corrected chi connectivity index (χ2v) is 2.75. The van der Waals surface area contributed by atoms with Gasteiger partial charge < -0.3 is 0 Å². The molecule has 1 aromatic rings. The molecule has 5 nitrogen and oxygen atoms in total. The van der Waals surface area contributed by atoms with Gasteiger partial charge in [0.2, 0.25) is 5.91 Å². The van der Waals surface area contributed by atoms with Crippen molar-refractivity contribution in [1.82, 2.24) is 5.01 Å². The maximum absolute atomic E-state index is 11.0. The molecule has 0 aliphatic heterocycles. The van der Waals surface area contributed by atoms with Crippen LogP contribution >= 0.6 is 0 Å². The highest BCUT2D eigenvalue weighted by atomic mass is 16.3. The molecule has 74 valence electrons. The van der Waals surface area contributed by atoms with Gasteiger partial charge in [0.15, 0.2) is 0 Å². The molecule has 0 saturated heterocycles. The molecule has 0 fully saturated rings. The smallest absolute Gasteiger partial charge is 0.239 e. The molecule has 0 heterocycles. The number of para-hydroxylation sites is 1. The summed E-state index contributed by atoms with van der Waals surface area (Å²) >= 11 is 0. The Morgan fingerprint density at radius 3 is 2.29 bits per heavy atom. The van der Waals surface area contributed by atoms with Gasteiger partial charge >= 0.3 is 0 Å². The number of anilines is 1. The summed E-state index contributed by atoms with van der Waals surface area (Å²) in [6.07, 6.45) is 0. The standard InChI is InChI=1S/C9H11N3O2/c1-8(13)11(2)12(10-14)9-6-4-3-5-7-9/h3-7H,1-2H3. The molecule has 0 aliphatic carbocycles. The molecular weight excluding hydrogens is 182 g/mol. The summed E-state index contributed by atoms with van der Waals surface area (Å²) in [5.74, 6) is -0.256. The van der Waals surface area contributed by atoms with E-state index >= 15 is 0 Å². The third-order valence-corrected chi connectivity index (χ3v) is 1.80. The molecule has 0 radical (unpaired) electrons. The van der Waals surface area contributed by atoms with Crippen LogP contribution in [0, 0.1) is 4.91 Å². The summed E-state index contributed by atoms with van der Waals surface area (Å²) in [5, 5.41) is 4.91. The highest BCUT2D eigenvalue weighted by molar-refractivity contribution is 5.74. The van der Waals surface area contributed by atoms with Crippen LogP contribution in [0.1, 0.15) is 6.92 Å². The average molecular weight is 193 g/mol. The highest BCUT2D eigenvalue weighted by Crippen LogP contribution is 2.14. The van der Waals surface area contributed by atoms with Crippen LogP contribution in [0.4, 0.5) is 5.69 Å². The van der Waals surface area contributed by atoms with Crippen molar-refractivity contribution in [3.8, 4) is 0 Å². The van der Waals surface area contributed by atoms with Gasteiger partial charge in [-0.15, -0.1) is 10.0 Å². The van der Waals surface area contributed by atoms with E-state index in [2.05, 4.69) is 5.29 Å². The summed E-state index contributed by atoms with van der Waals surface area (Å²) in [6, 6.07) is 8.74. The minimum atomic E-state index is -0.256. The van der Waals surface area contributed by atoms with Crippen LogP contribution in [0.3, 0.4) is 0 Å². The molecule has 14 heavy (non-hydrogen) atoms. The van der Waals surface area contributed by atoms with E-state index in [4.69, 9.17) is 0 Å². The lowest BCUT2D eigenvalue weighted by Crippen LogP contribution is -2.38. The van der Waals surface area contributed by atoms with Gasteiger partial charge in [0.1, 0.15) is 0 Å². The van der Waals surface area contributed by atoms with E-state index in [9.17, 15) is 9.70 Å². The summed E-state index contributed by atoms with van der Waals surface area (Å²) in [5.41, 5.74) is 0.556. The van der Waals surface area contributed by atoms with Gasteiger partial charge in [0.05, 0.1) is 11.0 Å². The van der Waals surface area contributed by atoms with Crippen LogP contribution in [-0.4, -0.2) is 18.0 Å². The SMILES string of the molecule is CC(=O)N(C)N(N=O)c1ccccc1. The molecule has 0 atom stereocenters. The van der Waals surface area contributed by atoms with E-state index in [1.54, 1.807) is 24.3 Å². The first kappa shape index (κ1) is 10.2. The zero-order chi connectivity index (χ0) is 10.6. The predicted molar refractivity (Wildman–Crippen MR) is 53.2 cm³/mol. The van der Waals surface area contributed by atoms with Crippen molar-refractivity contribution >= 4 is 11.6 Å². The second-order valence-electron chi connectivity index (χ2n) is 2.75. The summed E-state index contributed by atoms with van der Waals surface area (Å²) in [4.78, 5) is 21.5. The van der Waals surface area contributed by atoms with E-state index < -0.39 is 0 Å². The lowest BCUT2D eigenvalue weighted by atomic mass is 10.3. The second kappa shape index (κ2) is 4.36. The Kier molecular flexibility index (Phi) is 3.17. The molecule has 0 saturated carbocycles. The third-order valence-electron chi connectivity index (χ3n) is 1.80. The van der Waals surface area contributed by atoms with Crippen molar-refractivity contribution in [3.05, 3.63) is 35.2 Å². The number of hydrazine groups is 1. The summed E-state index contributed by atoms with van der Waals surface area (Å²) in [7, 11) is 1.48. The van der Waals surface area contributed by atoms with E-state index in [1.807, 2.05) is 6.07 Å². The lowest BCUT2D eigenvalue weighted by Gasteiger charge is -2.24. The fourth-order valence-electron chi connectivity index (χ4n) is 0.970. The van der Waals surface area contributed by atoms with E-state index in [-0.39, 0.29) is 5.91 Å². The Labute approximate surface area is 81.8 Å². The number of benzene rings is 1. The van der Waals surface area contributed by atoms with E-state index in [1.165, 1.54) is 14.0 Å².